The average molecular weight is 225 g/mol. The maximum Gasteiger partial charge on any atom is 0.124 e. The molecule has 0 aliphatic heterocycles. The molecule has 1 atom stereocenters. The third-order valence-electron chi connectivity index (χ3n) is 2.43. The van der Waals surface area contributed by atoms with Gasteiger partial charge in [0.1, 0.15) is 5.75 Å². The number of likely N-dealkylation sites (N-methyl/N-ethyl adjacent to an activating group) is 1. The van der Waals surface area contributed by atoms with Crippen LogP contribution in [0.15, 0.2) is 18.2 Å². The van der Waals surface area contributed by atoms with Crippen molar-refractivity contribution in [3.8, 4) is 5.75 Å². The molecule has 0 saturated heterocycles. The van der Waals surface area contributed by atoms with Gasteiger partial charge in [0.05, 0.1) is 19.8 Å². The summed E-state index contributed by atoms with van der Waals surface area (Å²) in [5, 5.41) is 12.9. The SMILES string of the molecule is CNCC(O)c1cccc(OC)c1COC. The van der Waals surface area contributed by atoms with Crippen LogP contribution in [0.2, 0.25) is 0 Å². The highest BCUT2D eigenvalue weighted by Crippen LogP contribution is 2.27. The summed E-state index contributed by atoms with van der Waals surface area (Å²) >= 11 is 0. The zero-order valence-corrected chi connectivity index (χ0v) is 9.99. The van der Waals surface area contributed by atoms with Crippen molar-refractivity contribution < 1.29 is 14.6 Å². The highest BCUT2D eigenvalue weighted by atomic mass is 16.5. The lowest BCUT2D eigenvalue weighted by Crippen LogP contribution is -2.18. The van der Waals surface area contributed by atoms with Crippen molar-refractivity contribution >= 4 is 0 Å². The normalized spacial score (nSPS) is 12.5. The zero-order chi connectivity index (χ0) is 12.0. The average Bonchev–Trinajstić information content (AvgIpc) is 2.30. The molecule has 0 saturated carbocycles. The number of aliphatic hydroxyl groups excluding tert-OH is 1. The Kier molecular flexibility index (Phi) is 5.25. The molecule has 16 heavy (non-hydrogen) atoms. The van der Waals surface area contributed by atoms with Gasteiger partial charge in [0, 0.05) is 19.2 Å². The van der Waals surface area contributed by atoms with Gasteiger partial charge in [0.2, 0.25) is 0 Å². The Morgan fingerprint density at radius 3 is 2.69 bits per heavy atom. The molecule has 1 rings (SSSR count). The van der Waals surface area contributed by atoms with E-state index in [9.17, 15) is 5.11 Å². The minimum absolute atomic E-state index is 0.431. The summed E-state index contributed by atoms with van der Waals surface area (Å²) < 4.78 is 10.4. The van der Waals surface area contributed by atoms with E-state index in [2.05, 4.69) is 5.32 Å². The minimum Gasteiger partial charge on any atom is -0.496 e. The molecule has 1 aromatic rings. The van der Waals surface area contributed by atoms with E-state index in [0.29, 0.717) is 13.2 Å². The fraction of sp³-hybridized carbons (Fsp3) is 0.500. The summed E-state index contributed by atoms with van der Waals surface area (Å²) in [6.45, 7) is 0.935. The van der Waals surface area contributed by atoms with Crippen LogP contribution < -0.4 is 10.1 Å². The van der Waals surface area contributed by atoms with E-state index < -0.39 is 6.10 Å². The molecule has 2 N–H and O–H groups in total. The fourth-order valence-electron chi connectivity index (χ4n) is 1.69. The highest BCUT2D eigenvalue weighted by Gasteiger charge is 2.15. The van der Waals surface area contributed by atoms with Gasteiger partial charge in [-0.3, -0.25) is 0 Å². The van der Waals surface area contributed by atoms with E-state index >= 15 is 0 Å². The molecule has 1 unspecified atom stereocenters. The van der Waals surface area contributed by atoms with Gasteiger partial charge in [-0.15, -0.1) is 0 Å². The molecule has 1 aromatic carbocycles. The first kappa shape index (κ1) is 13.0. The summed E-state index contributed by atoms with van der Waals surface area (Å²) in [6, 6.07) is 5.62. The number of rotatable bonds is 6. The molecule has 0 radical (unpaired) electrons. The van der Waals surface area contributed by atoms with Crippen molar-refractivity contribution in [2.75, 3.05) is 27.8 Å². The summed E-state index contributed by atoms with van der Waals surface area (Å²) in [7, 11) is 5.04. The molecule has 0 aliphatic carbocycles. The number of methoxy groups -OCH3 is 2. The van der Waals surface area contributed by atoms with Gasteiger partial charge in [0.25, 0.3) is 0 Å². The van der Waals surface area contributed by atoms with Crippen LogP contribution in [-0.4, -0.2) is 32.9 Å². The molecule has 90 valence electrons. The van der Waals surface area contributed by atoms with Crippen LogP contribution in [0.3, 0.4) is 0 Å². The van der Waals surface area contributed by atoms with Gasteiger partial charge in [-0.25, -0.2) is 0 Å². The van der Waals surface area contributed by atoms with Crippen molar-refractivity contribution in [2.45, 2.75) is 12.7 Å². The second kappa shape index (κ2) is 6.48. The molecule has 0 heterocycles. The lowest BCUT2D eigenvalue weighted by Gasteiger charge is -2.17. The van der Waals surface area contributed by atoms with E-state index in [4.69, 9.17) is 9.47 Å². The number of benzene rings is 1. The monoisotopic (exact) mass is 225 g/mol. The van der Waals surface area contributed by atoms with E-state index in [1.54, 1.807) is 21.3 Å². The van der Waals surface area contributed by atoms with Gasteiger partial charge >= 0.3 is 0 Å². The second-order valence-electron chi connectivity index (χ2n) is 3.53. The van der Waals surface area contributed by atoms with Crippen molar-refractivity contribution in [1.29, 1.82) is 0 Å². The Bertz CT molecular complexity index is 328. The maximum atomic E-state index is 9.97. The van der Waals surface area contributed by atoms with Crippen LogP contribution in [0.4, 0.5) is 0 Å². The lowest BCUT2D eigenvalue weighted by atomic mass is 10.0. The Balaban J connectivity index is 3.05. The summed E-state index contributed by atoms with van der Waals surface area (Å²) in [5.74, 6) is 0.745. The Morgan fingerprint density at radius 1 is 1.38 bits per heavy atom. The maximum absolute atomic E-state index is 9.97. The van der Waals surface area contributed by atoms with E-state index in [1.165, 1.54) is 0 Å². The van der Waals surface area contributed by atoms with Gasteiger partial charge < -0.3 is 19.9 Å². The Labute approximate surface area is 96.2 Å². The first-order valence-corrected chi connectivity index (χ1v) is 5.22. The second-order valence-corrected chi connectivity index (χ2v) is 3.53. The number of aliphatic hydroxyl groups is 1. The molecular weight excluding hydrogens is 206 g/mol. The van der Waals surface area contributed by atoms with Crippen molar-refractivity contribution in [1.82, 2.24) is 5.32 Å². The molecule has 0 aliphatic rings. The van der Waals surface area contributed by atoms with Crippen LogP contribution in [0, 0.1) is 0 Å². The predicted molar refractivity (Wildman–Crippen MR) is 62.6 cm³/mol. The van der Waals surface area contributed by atoms with Crippen molar-refractivity contribution in [3.05, 3.63) is 29.3 Å². The molecule has 0 fully saturated rings. The van der Waals surface area contributed by atoms with Crippen LogP contribution >= 0.6 is 0 Å². The van der Waals surface area contributed by atoms with E-state index in [1.807, 2.05) is 18.2 Å². The highest BCUT2D eigenvalue weighted by molar-refractivity contribution is 5.41. The Hall–Kier alpha value is -1.10. The van der Waals surface area contributed by atoms with Crippen LogP contribution in [0.1, 0.15) is 17.2 Å². The topological polar surface area (TPSA) is 50.7 Å². The molecule has 0 amide bonds. The van der Waals surface area contributed by atoms with E-state index in [0.717, 1.165) is 16.9 Å². The summed E-state index contributed by atoms with van der Waals surface area (Å²) in [5.41, 5.74) is 1.74. The van der Waals surface area contributed by atoms with Crippen LogP contribution in [0.5, 0.6) is 5.75 Å². The standard InChI is InChI=1S/C12H19NO3/c1-13-7-11(14)9-5-4-6-12(16-3)10(9)8-15-2/h4-6,11,13-14H,7-8H2,1-3H3. The quantitative estimate of drug-likeness (QED) is 0.761. The summed E-state index contributed by atoms with van der Waals surface area (Å²) in [6.07, 6.45) is -0.551. The van der Waals surface area contributed by atoms with Gasteiger partial charge in [0.15, 0.2) is 0 Å². The fourth-order valence-corrected chi connectivity index (χ4v) is 1.69. The van der Waals surface area contributed by atoms with Crippen LogP contribution in [-0.2, 0) is 11.3 Å². The van der Waals surface area contributed by atoms with E-state index in [-0.39, 0.29) is 0 Å². The third-order valence-corrected chi connectivity index (χ3v) is 2.43. The lowest BCUT2D eigenvalue weighted by molar-refractivity contribution is 0.159. The third kappa shape index (κ3) is 2.95. The van der Waals surface area contributed by atoms with Crippen molar-refractivity contribution in [3.63, 3.8) is 0 Å². The predicted octanol–water partition coefficient (Wildman–Crippen LogP) is 1.09. The smallest absolute Gasteiger partial charge is 0.124 e. The largest absolute Gasteiger partial charge is 0.496 e. The summed E-state index contributed by atoms with van der Waals surface area (Å²) in [4.78, 5) is 0. The van der Waals surface area contributed by atoms with Gasteiger partial charge in [-0.1, -0.05) is 12.1 Å². The molecule has 0 bridgehead atoms. The van der Waals surface area contributed by atoms with Crippen LogP contribution in [0.25, 0.3) is 0 Å². The van der Waals surface area contributed by atoms with Gasteiger partial charge in [-0.05, 0) is 18.7 Å². The minimum atomic E-state index is -0.551. The Morgan fingerprint density at radius 2 is 2.12 bits per heavy atom. The first-order valence-electron chi connectivity index (χ1n) is 5.22. The molecular formula is C12H19NO3. The molecule has 4 nitrogen and oxygen atoms in total. The number of ether oxygens (including phenoxy) is 2. The number of hydrogen-bond donors (Lipinski definition) is 2. The first-order chi connectivity index (χ1) is 7.74. The number of nitrogens with one attached hydrogen (secondary N) is 1. The zero-order valence-electron chi connectivity index (χ0n) is 9.99. The van der Waals surface area contributed by atoms with Crippen molar-refractivity contribution in [2.24, 2.45) is 0 Å². The number of hydrogen-bond acceptors (Lipinski definition) is 4. The molecule has 0 spiro atoms. The van der Waals surface area contributed by atoms with Gasteiger partial charge in [-0.2, -0.15) is 0 Å². The molecule has 4 heteroatoms. The molecule has 0 aromatic heterocycles.